The van der Waals surface area contributed by atoms with Gasteiger partial charge in [-0.2, -0.15) is 10.4 Å². The quantitative estimate of drug-likeness (QED) is 0.726. The summed E-state index contributed by atoms with van der Waals surface area (Å²) in [6.45, 7) is 2.86. The molecule has 1 aliphatic heterocycles. The van der Waals surface area contributed by atoms with Crippen LogP contribution in [0.25, 0.3) is 0 Å². The SMILES string of the molecule is Cn1ccc(CN2CCC[C@H](C#N)C2)n1. The molecule has 0 spiro atoms. The zero-order chi connectivity index (χ0) is 10.7. The molecular formula is C11H16N4. The van der Waals surface area contributed by atoms with Crippen LogP contribution in [0.2, 0.25) is 0 Å². The van der Waals surface area contributed by atoms with Crippen LogP contribution in [0.5, 0.6) is 0 Å². The fourth-order valence-corrected chi connectivity index (χ4v) is 2.08. The molecule has 2 heterocycles. The second kappa shape index (κ2) is 4.45. The summed E-state index contributed by atoms with van der Waals surface area (Å²) in [4.78, 5) is 2.32. The Morgan fingerprint density at radius 1 is 1.67 bits per heavy atom. The molecule has 15 heavy (non-hydrogen) atoms. The summed E-state index contributed by atoms with van der Waals surface area (Å²) in [5.41, 5.74) is 1.09. The summed E-state index contributed by atoms with van der Waals surface area (Å²) < 4.78 is 1.82. The van der Waals surface area contributed by atoms with Gasteiger partial charge in [0.1, 0.15) is 0 Å². The third kappa shape index (κ3) is 2.57. The van der Waals surface area contributed by atoms with E-state index in [1.165, 1.54) is 0 Å². The fraction of sp³-hybridized carbons (Fsp3) is 0.636. The van der Waals surface area contributed by atoms with E-state index >= 15 is 0 Å². The van der Waals surface area contributed by atoms with Gasteiger partial charge < -0.3 is 0 Å². The molecule has 1 fully saturated rings. The van der Waals surface area contributed by atoms with Crippen LogP contribution in [0.4, 0.5) is 0 Å². The lowest BCUT2D eigenvalue weighted by molar-refractivity contribution is 0.190. The van der Waals surface area contributed by atoms with Crippen LogP contribution in [-0.4, -0.2) is 27.8 Å². The Bertz CT molecular complexity index is 363. The Morgan fingerprint density at radius 3 is 3.20 bits per heavy atom. The average Bonchev–Trinajstić information content (AvgIpc) is 2.64. The summed E-state index contributed by atoms with van der Waals surface area (Å²) in [7, 11) is 1.93. The maximum atomic E-state index is 8.88. The van der Waals surface area contributed by atoms with Gasteiger partial charge in [0, 0.05) is 26.3 Å². The number of nitriles is 1. The molecule has 0 N–H and O–H groups in total. The molecular weight excluding hydrogens is 188 g/mol. The predicted molar refractivity (Wildman–Crippen MR) is 56.8 cm³/mol. The molecule has 0 unspecified atom stereocenters. The molecule has 0 amide bonds. The lowest BCUT2D eigenvalue weighted by Gasteiger charge is -2.28. The van der Waals surface area contributed by atoms with E-state index in [0.29, 0.717) is 0 Å². The lowest BCUT2D eigenvalue weighted by atomic mass is 10.00. The second-order valence-corrected chi connectivity index (χ2v) is 4.18. The first-order chi connectivity index (χ1) is 7.28. The van der Waals surface area contributed by atoms with Gasteiger partial charge in [-0.15, -0.1) is 0 Å². The van der Waals surface area contributed by atoms with Crippen molar-refractivity contribution in [3.63, 3.8) is 0 Å². The van der Waals surface area contributed by atoms with Crippen LogP contribution in [0.3, 0.4) is 0 Å². The molecule has 4 nitrogen and oxygen atoms in total. The van der Waals surface area contributed by atoms with Crippen LogP contribution in [0.15, 0.2) is 12.3 Å². The van der Waals surface area contributed by atoms with Crippen LogP contribution < -0.4 is 0 Å². The van der Waals surface area contributed by atoms with Gasteiger partial charge in [0.15, 0.2) is 0 Å². The maximum Gasteiger partial charge on any atom is 0.0764 e. The number of piperidine rings is 1. The van der Waals surface area contributed by atoms with Crippen molar-refractivity contribution in [2.45, 2.75) is 19.4 Å². The van der Waals surface area contributed by atoms with E-state index < -0.39 is 0 Å². The van der Waals surface area contributed by atoms with Gasteiger partial charge in [0.05, 0.1) is 17.7 Å². The highest BCUT2D eigenvalue weighted by atomic mass is 15.3. The van der Waals surface area contributed by atoms with E-state index in [-0.39, 0.29) is 5.92 Å². The first-order valence-corrected chi connectivity index (χ1v) is 5.38. The van der Waals surface area contributed by atoms with Gasteiger partial charge in [-0.25, -0.2) is 0 Å². The van der Waals surface area contributed by atoms with Gasteiger partial charge in [0.25, 0.3) is 0 Å². The van der Waals surface area contributed by atoms with Crippen LogP contribution >= 0.6 is 0 Å². The van der Waals surface area contributed by atoms with Crippen molar-refractivity contribution < 1.29 is 0 Å². The third-order valence-electron chi connectivity index (χ3n) is 2.84. The summed E-state index contributed by atoms with van der Waals surface area (Å²) in [5.74, 6) is 0.211. The monoisotopic (exact) mass is 204 g/mol. The molecule has 1 aliphatic rings. The molecule has 4 heteroatoms. The molecule has 0 saturated carbocycles. The summed E-state index contributed by atoms with van der Waals surface area (Å²) in [6.07, 6.45) is 4.14. The van der Waals surface area contributed by atoms with Gasteiger partial charge in [-0.3, -0.25) is 9.58 Å². The average molecular weight is 204 g/mol. The number of aryl methyl sites for hydroxylation is 1. The van der Waals surface area contributed by atoms with Crippen molar-refractivity contribution in [2.75, 3.05) is 13.1 Å². The molecule has 2 rings (SSSR count). The fourth-order valence-electron chi connectivity index (χ4n) is 2.08. The molecule has 0 aliphatic carbocycles. The Morgan fingerprint density at radius 2 is 2.53 bits per heavy atom. The second-order valence-electron chi connectivity index (χ2n) is 4.18. The van der Waals surface area contributed by atoms with E-state index in [1.54, 1.807) is 0 Å². The minimum Gasteiger partial charge on any atom is -0.296 e. The molecule has 1 aromatic heterocycles. The normalized spacial score (nSPS) is 22.5. The topological polar surface area (TPSA) is 44.9 Å². The van der Waals surface area contributed by atoms with Crippen molar-refractivity contribution in [2.24, 2.45) is 13.0 Å². The van der Waals surface area contributed by atoms with Gasteiger partial charge >= 0.3 is 0 Å². The van der Waals surface area contributed by atoms with E-state index in [2.05, 4.69) is 16.1 Å². The highest BCUT2D eigenvalue weighted by Gasteiger charge is 2.19. The number of rotatable bonds is 2. The van der Waals surface area contributed by atoms with Gasteiger partial charge in [0.2, 0.25) is 0 Å². The van der Waals surface area contributed by atoms with Gasteiger partial charge in [-0.05, 0) is 25.5 Å². The zero-order valence-electron chi connectivity index (χ0n) is 9.06. The Balaban J connectivity index is 1.92. The van der Waals surface area contributed by atoms with Crippen molar-refractivity contribution in [3.8, 4) is 6.07 Å². The van der Waals surface area contributed by atoms with Crippen molar-refractivity contribution in [3.05, 3.63) is 18.0 Å². The number of likely N-dealkylation sites (tertiary alicyclic amines) is 1. The van der Waals surface area contributed by atoms with E-state index in [4.69, 9.17) is 5.26 Å². The largest absolute Gasteiger partial charge is 0.296 e. The lowest BCUT2D eigenvalue weighted by Crippen LogP contribution is -2.34. The summed E-state index contributed by atoms with van der Waals surface area (Å²) in [6, 6.07) is 4.40. The maximum absolute atomic E-state index is 8.88. The highest BCUT2D eigenvalue weighted by Crippen LogP contribution is 2.16. The molecule has 1 aromatic rings. The molecule has 1 atom stereocenters. The van der Waals surface area contributed by atoms with Crippen molar-refractivity contribution >= 4 is 0 Å². The number of hydrogen-bond acceptors (Lipinski definition) is 3. The molecule has 0 aromatic carbocycles. The van der Waals surface area contributed by atoms with E-state index in [1.807, 2.05) is 24.0 Å². The first kappa shape index (κ1) is 10.2. The molecule has 0 radical (unpaired) electrons. The van der Waals surface area contributed by atoms with E-state index in [0.717, 1.165) is 38.2 Å². The van der Waals surface area contributed by atoms with E-state index in [9.17, 15) is 0 Å². The number of aromatic nitrogens is 2. The Kier molecular flexibility index (Phi) is 3.02. The number of nitrogens with zero attached hydrogens (tertiary/aromatic N) is 4. The highest BCUT2D eigenvalue weighted by molar-refractivity contribution is 4.99. The van der Waals surface area contributed by atoms with Crippen LogP contribution in [0, 0.1) is 17.2 Å². The smallest absolute Gasteiger partial charge is 0.0764 e. The molecule has 0 bridgehead atoms. The predicted octanol–water partition coefficient (Wildman–Crippen LogP) is 1.16. The summed E-state index contributed by atoms with van der Waals surface area (Å²) >= 11 is 0. The standard InChI is InChI=1S/C11H16N4/c1-14-6-4-11(13-14)9-15-5-2-3-10(7-12)8-15/h4,6,10H,2-3,5,8-9H2,1H3/t10-/m1/s1. The van der Waals surface area contributed by atoms with Crippen LogP contribution in [-0.2, 0) is 13.6 Å². The minimum atomic E-state index is 0.211. The molecule has 1 saturated heterocycles. The van der Waals surface area contributed by atoms with Crippen molar-refractivity contribution in [1.82, 2.24) is 14.7 Å². The Labute approximate surface area is 90.1 Å². The Hall–Kier alpha value is -1.34. The third-order valence-corrected chi connectivity index (χ3v) is 2.84. The van der Waals surface area contributed by atoms with Crippen LogP contribution in [0.1, 0.15) is 18.5 Å². The number of hydrogen-bond donors (Lipinski definition) is 0. The molecule has 80 valence electrons. The first-order valence-electron chi connectivity index (χ1n) is 5.38. The summed E-state index contributed by atoms with van der Waals surface area (Å²) in [5, 5.41) is 13.2. The minimum absolute atomic E-state index is 0.211. The zero-order valence-corrected chi connectivity index (χ0v) is 9.06. The van der Waals surface area contributed by atoms with Gasteiger partial charge in [-0.1, -0.05) is 0 Å². The van der Waals surface area contributed by atoms with Crippen molar-refractivity contribution in [1.29, 1.82) is 5.26 Å².